The van der Waals surface area contributed by atoms with Gasteiger partial charge in [0.2, 0.25) is 0 Å². The van der Waals surface area contributed by atoms with Crippen molar-refractivity contribution in [1.82, 2.24) is 10.2 Å². The molecule has 0 bridgehead atoms. The van der Waals surface area contributed by atoms with Gasteiger partial charge in [-0.3, -0.25) is 4.21 Å². The van der Waals surface area contributed by atoms with Crippen LogP contribution in [0.2, 0.25) is 0 Å². The minimum Gasteiger partial charge on any atom is -0.491 e. The first-order valence-corrected chi connectivity index (χ1v) is 9.27. The highest BCUT2D eigenvalue weighted by Gasteiger charge is 2.22. The Labute approximate surface area is 138 Å². The number of benzene rings is 1. The van der Waals surface area contributed by atoms with Crippen LogP contribution in [0.4, 0.5) is 9.18 Å². The van der Waals surface area contributed by atoms with Gasteiger partial charge in [0.15, 0.2) is 11.6 Å². The number of nitrogens with zero attached hydrogens (tertiary/aromatic N) is 1. The first kappa shape index (κ1) is 17.7. The van der Waals surface area contributed by atoms with Crippen molar-refractivity contribution in [3.05, 3.63) is 29.6 Å². The molecule has 0 aliphatic carbocycles. The van der Waals surface area contributed by atoms with Crippen molar-refractivity contribution in [2.24, 2.45) is 5.92 Å². The monoisotopic (exact) mass is 342 g/mol. The Kier molecular flexibility index (Phi) is 6.38. The number of halogens is 1. The highest BCUT2D eigenvalue weighted by Crippen LogP contribution is 2.18. The van der Waals surface area contributed by atoms with Crippen LogP contribution in [-0.4, -0.2) is 46.3 Å². The molecule has 1 aromatic carbocycles. The molecule has 1 saturated heterocycles. The molecule has 1 aliphatic rings. The van der Waals surface area contributed by atoms with Crippen molar-refractivity contribution >= 4 is 16.8 Å². The van der Waals surface area contributed by atoms with E-state index in [0.29, 0.717) is 36.8 Å². The van der Waals surface area contributed by atoms with E-state index in [1.807, 2.05) is 6.92 Å². The zero-order chi connectivity index (χ0) is 16.8. The van der Waals surface area contributed by atoms with E-state index in [-0.39, 0.29) is 24.2 Å². The molecule has 0 unspecified atom stereocenters. The van der Waals surface area contributed by atoms with Crippen molar-refractivity contribution in [2.45, 2.75) is 20.4 Å². The van der Waals surface area contributed by atoms with Crippen molar-refractivity contribution in [3.8, 4) is 5.75 Å². The van der Waals surface area contributed by atoms with Crippen LogP contribution >= 0.6 is 0 Å². The SMILES string of the molecule is CCOc1ccc(CNC(=O)N2CC[S@](=O)C[C@@H](C)C2)cc1F. The Balaban J connectivity index is 1.91. The largest absolute Gasteiger partial charge is 0.491 e. The second-order valence-electron chi connectivity index (χ2n) is 5.72. The predicted octanol–water partition coefficient (Wildman–Crippen LogP) is 2.13. The van der Waals surface area contributed by atoms with Gasteiger partial charge < -0.3 is 15.0 Å². The second kappa shape index (κ2) is 8.29. The summed E-state index contributed by atoms with van der Waals surface area (Å²) in [4.78, 5) is 13.9. The van der Waals surface area contributed by atoms with E-state index in [4.69, 9.17) is 4.74 Å². The average Bonchev–Trinajstić information content (AvgIpc) is 2.68. The zero-order valence-corrected chi connectivity index (χ0v) is 14.3. The first-order chi connectivity index (χ1) is 11.0. The van der Waals surface area contributed by atoms with Gasteiger partial charge in [-0.1, -0.05) is 13.0 Å². The van der Waals surface area contributed by atoms with E-state index >= 15 is 0 Å². The number of ether oxygens (including phenoxy) is 1. The standard InChI is InChI=1S/C16H23FN2O3S/c1-3-22-15-5-4-13(8-14(15)17)9-18-16(20)19-6-7-23(21)11-12(2)10-19/h4-5,8,12H,3,6-7,9-11H2,1-2H3,(H,18,20)/t12-,23-/m0/s1. The summed E-state index contributed by atoms with van der Waals surface area (Å²) >= 11 is 0. The van der Waals surface area contributed by atoms with Crippen LogP contribution in [0, 0.1) is 11.7 Å². The molecule has 2 atom stereocenters. The Hall–Kier alpha value is -1.63. The molecule has 1 fully saturated rings. The van der Waals surface area contributed by atoms with Gasteiger partial charge in [-0.2, -0.15) is 0 Å². The highest BCUT2D eigenvalue weighted by molar-refractivity contribution is 7.85. The second-order valence-corrected chi connectivity index (χ2v) is 7.34. The van der Waals surface area contributed by atoms with Gasteiger partial charge in [-0.15, -0.1) is 0 Å². The van der Waals surface area contributed by atoms with Crippen molar-refractivity contribution < 1.29 is 18.1 Å². The van der Waals surface area contributed by atoms with E-state index in [1.165, 1.54) is 6.07 Å². The summed E-state index contributed by atoms with van der Waals surface area (Å²) in [6, 6.07) is 4.46. The number of hydrogen-bond acceptors (Lipinski definition) is 3. The summed E-state index contributed by atoms with van der Waals surface area (Å²) in [5.74, 6) is 1.14. The fourth-order valence-electron chi connectivity index (χ4n) is 2.53. The topological polar surface area (TPSA) is 58.6 Å². The minimum atomic E-state index is -0.858. The van der Waals surface area contributed by atoms with Gasteiger partial charge in [0.25, 0.3) is 0 Å². The first-order valence-electron chi connectivity index (χ1n) is 7.78. The number of urea groups is 1. The Morgan fingerprint density at radius 1 is 1.52 bits per heavy atom. The molecule has 5 nitrogen and oxygen atoms in total. The lowest BCUT2D eigenvalue weighted by molar-refractivity contribution is 0.195. The molecule has 7 heteroatoms. The Morgan fingerprint density at radius 3 is 3.00 bits per heavy atom. The highest BCUT2D eigenvalue weighted by atomic mass is 32.2. The van der Waals surface area contributed by atoms with Crippen LogP contribution in [0.5, 0.6) is 5.75 Å². The molecule has 1 aromatic rings. The molecule has 0 saturated carbocycles. The quantitative estimate of drug-likeness (QED) is 0.912. The van der Waals surface area contributed by atoms with Gasteiger partial charge in [0, 0.05) is 41.9 Å². The van der Waals surface area contributed by atoms with Crippen molar-refractivity contribution in [1.29, 1.82) is 0 Å². The summed E-state index contributed by atoms with van der Waals surface area (Å²) < 4.78 is 30.6. The van der Waals surface area contributed by atoms with E-state index in [9.17, 15) is 13.4 Å². The number of nitrogens with one attached hydrogen (secondary N) is 1. The molecular formula is C16H23FN2O3S. The van der Waals surface area contributed by atoms with E-state index in [0.717, 1.165) is 0 Å². The van der Waals surface area contributed by atoms with Gasteiger partial charge in [-0.25, -0.2) is 9.18 Å². The molecule has 0 aromatic heterocycles. The van der Waals surface area contributed by atoms with Gasteiger partial charge in [-0.05, 0) is 30.5 Å². The molecule has 23 heavy (non-hydrogen) atoms. The normalized spacial score (nSPS) is 21.6. The lowest BCUT2D eigenvalue weighted by Gasteiger charge is -2.22. The van der Waals surface area contributed by atoms with Crippen LogP contribution in [0.25, 0.3) is 0 Å². The predicted molar refractivity (Wildman–Crippen MR) is 88.4 cm³/mol. The lowest BCUT2D eigenvalue weighted by Crippen LogP contribution is -2.42. The summed E-state index contributed by atoms with van der Waals surface area (Å²) in [5.41, 5.74) is 0.672. The van der Waals surface area contributed by atoms with Crippen LogP contribution in [0.15, 0.2) is 18.2 Å². The molecular weight excluding hydrogens is 319 g/mol. The third-order valence-corrected chi connectivity index (χ3v) is 5.20. The number of rotatable bonds is 4. The maximum absolute atomic E-state index is 13.8. The van der Waals surface area contributed by atoms with Crippen LogP contribution in [-0.2, 0) is 17.3 Å². The molecule has 128 valence electrons. The van der Waals surface area contributed by atoms with E-state index < -0.39 is 16.6 Å². The van der Waals surface area contributed by atoms with Crippen LogP contribution in [0.3, 0.4) is 0 Å². The third kappa shape index (κ3) is 5.20. The molecule has 1 aliphatic heterocycles. The van der Waals surface area contributed by atoms with Crippen molar-refractivity contribution in [2.75, 3.05) is 31.2 Å². The molecule has 2 amide bonds. The molecule has 2 rings (SSSR count). The maximum Gasteiger partial charge on any atom is 0.317 e. The number of carbonyl (C=O) groups is 1. The Bertz CT molecular complexity index is 582. The molecule has 0 radical (unpaired) electrons. The minimum absolute atomic E-state index is 0.204. The lowest BCUT2D eigenvalue weighted by atomic mass is 10.2. The zero-order valence-electron chi connectivity index (χ0n) is 13.5. The fourth-order valence-corrected chi connectivity index (χ4v) is 3.86. The van der Waals surface area contributed by atoms with Crippen LogP contribution in [0.1, 0.15) is 19.4 Å². The van der Waals surface area contributed by atoms with Crippen LogP contribution < -0.4 is 10.1 Å². The Morgan fingerprint density at radius 2 is 2.30 bits per heavy atom. The summed E-state index contributed by atoms with van der Waals surface area (Å²) in [6.45, 7) is 5.52. The van der Waals surface area contributed by atoms with E-state index in [2.05, 4.69) is 5.32 Å². The van der Waals surface area contributed by atoms with Gasteiger partial charge in [0.05, 0.1) is 6.61 Å². The van der Waals surface area contributed by atoms with Crippen molar-refractivity contribution in [3.63, 3.8) is 0 Å². The van der Waals surface area contributed by atoms with E-state index in [1.54, 1.807) is 24.0 Å². The average molecular weight is 342 g/mol. The van der Waals surface area contributed by atoms with Gasteiger partial charge in [0.1, 0.15) is 0 Å². The number of amides is 2. The number of hydrogen-bond donors (Lipinski definition) is 1. The fraction of sp³-hybridized carbons (Fsp3) is 0.562. The molecule has 0 spiro atoms. The molecule has 1 N–H and O–H groups in total. The number of carbonyl (C=O) groups excluding carboxylic acids is 1. The smallest absolute Gasteiger partial charge is 0.317 e. The molecule has 1 heterocycles. The van der Waals surface area contributed by atoms with Gasteiger partial charge >= 0.3 is 6.03 Å². The third-order valence-electron chi connectivity index (χ3n) is 3.62. The summed E-state index contributed by atoms with van der Waals surface area (Å²) in [7, 11) is -0.858. The summed E-state index contributed by atoms with van der Waals surface area (Å²) in [6.07, 6.45) is 0. The summed E-state index contributed by atoms with van der Waals surface area (Å²) in [5, 5.41) is 2.79. The maximum atomic E-state index is 13.8.